The normalized spacial score (nSPS) is 10.7. The Balaban J connectivity index is 2.01. The summed E-state index contributed by atoms with van der Waals surface area (Å²) in [7, 11) is 0. The number of aliphatic hydroxyl groups is 1. The number of benzene rings is 2. The lowest BCUT2D eigenvalue weighted by molar-refractivity contribution is 0.282. The molecule has 3 rings (SSSR count). The topological polar surface area (TPSA) is 42.4 Å². The Kier molecular flexibility index (Phi) is 3.67. The molecule has 3 nitrogen and oxygen atoms in total. The van der Waals surface area contributed by atoms with Gasteiger partial charge < -0.3 is 9.84 Å². The highest BCUT2D eigenvalue weighted by Crippen LogP contribution is 2.26. The lowest BCUT2D eigenvalue weighted by atomic mass is 10.1. The van der Waals surface area contributed by atoms with Gasteiger partial charge in [-0.05, 0) is 35.9 Å². The van der Waals surface area contributed by atoms with Gasteiger partial charge in [0.1, 0.15) is 5.75 Å². The van der Waals surface area contributed by atoms with Gasteiger partial charge in [-0.2, -0.15) is 0 Å². The number of rotatable bonds is 3. The SMILES string of the molecule is OCc1cc(Oc2ccc(Br)cc2)nc2ccccc12. The second-order valence-corrected chi connectivity index (χ2v) is 5.27. The minimum atomic E-state index is -0.0419. The number of hydrogen-bond acceptors (Lipinski definition) is 3. The zero-order chi connectivity index (χ0) is 13.9. The molecule has 20 heavy (non-hydrogen) atoms. The van der Waals surface area contributed by atoms with Crippen LogP contribution in [0.2, 0.25) is 0 Å². The smallest absolute Gasteiger partial charge is 0.220 e. The molecule has 1 N–H and O–H groups in total. The van der Waals surface area contributed by atoms with Gasteiger partial charge >= 0.3 is 0 Å². The van der Waals surface area contributed by atoms with Crippen LogP contribution in [0.5, 0.6) is 11.6 Å². The second-order valence-electron chi connectivity index (χ2n) is 4.35. The number of aromatic nitrogens is 1. The van der Waals surface area contributed by atoms with Crippen LogP contribution in [-0.4, -0.2) is 10.1 Å². The first-order valence-corrected chi connectivity index (χ1v) is 6.98. The molecule has 3 aromatic rings. The summed E-state index contributed by atoms with van der Waals surface area (Å²) < 4.78 is 6.73. The Morgan fingerprint density at radius 2 is 1.80 bits per heavy atom. The molecule has 0 spiro atoms. The van der Waals surface area contributed by atoms with Crippen LogP contribution >= 0.6 is 15.9 Å². The number of fused-ring (bicyclic) bond motifs is 1. The third-order valence-corrected chi connectivity index (χ3v) is 3.51. The number of ether oxygens (including phenoxy) is 1. The Hall–Kier alpha value is -1.91. The maximum atomic E-state index is 9.47. The standard InChI is InChI=1S/C16H12BrNO2/c17-12-5-7-13(8-6-12)20-16-9-11(10-19)14-3-1-2-4-15(14)18-16/h1-9,19H,10H2. The van der Waals surface area contributed by atoms with E-state index in [0.717, 1.165) is 20.9 Å². The van der Waals surface area contributed by atoms with Crippen LogP contribution < -0.4 is 4.74 Å². The van der Waals surface area contributed by atoms with Gasteiger partial charge in [0, 0.05) is 15.9 Å². The van der Waals surface area contributed by atoms with E-state index in [9.17, 15) is 5.11 Å². The number of pyridine rings is 1. The molecule has 0 fully saturated rings. The van der Waals surface area contributed by atoms with Crippen molar-refractivity contribution in [2.45, 2.75) is 6.61 Å². The van der Waals surface area contributed by atoms with Crippen LogP contribution in [0.25, 0.3) is 10.9 Å². The fraction of sp³-hybridized carbons (Fsp3) is 0.0625. The number of halogens is 1. The van der Waals surface area contributed by atoms with Crippen molar-refractivity contribution in [2.75, 3.05) is 0 Å². The summed E-state index contributed by atoms with van der Waals surface area (Å²) in [4.78, 5) is 4.46. The van der Waals surface area contributed by atoms with Gasteiger partial charge in [0.2, 0.25) is 5.88 Å². The minimum absolute atomic E-state index is 0.0419. The summed E-state index contributed by atoms with van der Waals surface area (Å²) in [6.07, 6.45) is 0. The summed E-state index contributed by atoms with van der Waals surface area (Å²) in [6, 6.07) is 17.0. The van der Waals surface area contributed by atoms with Crippen molar-refractivity contribution in [1.82, 2.24) is 4.98 Å². The van der Waals surface area contributed by atoms with Gasteiger partial charge in [-0.15, -0.1) is 0 Å². The van der Waals surface area contributed by atoms with Gasteiger partial charge in [0.25, 0.3) is 0 Å². The van der Waals surface area contributed by atoms with Crippen molar-refractivity contribution in [3.8, 4) is 11.6 Å². The van der Waals surface area contributed by atoms with Crippen LogP contribution in [0.3, 0.4) is 0 Å². The minimum Gasteiger partial charge on any atom is -0.439 e. The molecule has 0 aliphatic heterocycles. The first-order chi connectivity index (χ1) is 9.76. The van der Waals surface area contributed by atoms with E-state index in [4.69, 9.17) is 4.74 Å². The van der Waals surface area contributed by atoms with Gasteiger partial charge in [0.05, 0.1) is 12.1 Å². The Morgan fingerprint density at radius 3 is 2.55 bits per heavy atom. The van der Waals surface area contributed by atoms with Crippen LogP contribution in [0, 0.1) is 0 Å². The maximum Gasteiger partial charge on any atom is 0.220 e. The van der Waals surface area contributed by atoms with Crippen LogP contribution in [0.1, 0.15) is 5.56 Å². The van der Waals surface area contributed by atoms with E-state index in [-0.39, 0.29) is 6.61 Å². The van der Waals surface area contributed by atoms with Crippen molar-refractivity contribution >= 4 is 26.8 Å². The molecule has 1 aromatic heterocycles. The third kappa shape index (κ3) is 2.66. The predicted molar refractivity (Wildman–Crippen MR) is 81.9 cm³/mol. The molecule has 0 aliphatic carbocycles. The molecule has 0 atom stereocenters. The fourth-order valence-electron chi connectivity index (χ4n) is 2.03. The molecule has 100 valence electrons. The molecule has 0 aliphatic rings. The third-order valence-electron chi connectivity index (χ3n) is 2.98. The lowest BCUT2D eigenvalue weighted by Crippen LogP contribution is -1.93. The molecule has 0 radical (unpaired) electrons. The molecule has 1 heterocycles. The number of para-hydroxylation sites is 1. The Bertz CT molecular complexity index is 741. The molecule has 4 heteroatoms. The summed E-state index contributed by atoms with van der Waals surface area (Å²) in [5, 5.41) is 10.4. The average Bonchev–Trinajstić information content (AvgIpc) is 2.49. The van der Waals surface area contributed by atoms with Gasteiger partial charge in [-0.3, -0.25) is 0 Å². The Morgan fingerprint density at radius 1 is 1.05 bits per heavy atom. The van der Waals surface area contributed by atoms with E-state index >= 15 is 0 Å². The molecule has 2 aromatic carbocycles. The van der Waals surface area contributed by atoms with Crippen molar-refractivity contribution < 1.29 is 9.84 Å². The molecule has 0 saturated carbocycles. The zero-order valence-electron chi connectivity index (χ0n) is 10.6. The molecule has 0 amide bonds. The molecule has 0 saturated heterocycles. The zero-order valence-corrected chi connectivity index (χ0v) is 12.2. The van der Waals surface area contributed by atoms with E-state index in [0.29, 0.717) is 11.6 Å². The number of nitrogens with zero attached hydrogens (tertiary/aromatic N) is 1. The predicted octanol–water partition coefficient (Wildman–Crippen LogP) is 4.28. The van der Waals surface area contributed by atoms with E-state index in [1.807, 2.05) is 48.5 Å². The van der Waals surface area contributed by atoms with Crippen molar-refractivity contribution in [3.05, 3.63) is 64.6 Å². The van der Waals surface area contributed by atoms with Crippen LogP contribution in [0.4, 0.5) is 0 Å². The quantitative estimate of drug-likeness (QED) is 0.779. The summed E-state index contributed by atoms with van der Waals surface area (Å²) >= 11 is 3.38. The first-order valence-electron chi connectivity index (χ1n) is 6.19. The fourth-order valence-corrected chi connectivity index (χ4v) is 2.29. The van der Waals surface area contributed by atoms with E-state index in [2.05, 4.69) is 20.9 Å². The monoisotopic (exact) mass is 329 g/mol. The summed E-state index contributed by atoms with van der Waals surface area (Å²) in [5.41, 5.74) is 1.62. The Labute approximate surface area is 125 Å². The maximum absolute atomic E-state index is 9.47. The van der Waals surface area contributed by atoms with E-state index < -0.39 is 0 Å². The van der Waals surface area contributed by atoms with Crippen LogP contribution in [0.15, 0.2) is 59.1 Å². The molecular formula is C16H12BrNO2. The van der Waals surface area contributed by atoms with E-state index in [1.54, 1.807) is 6.07 Å². The largest absolute Gasteiger partial charge is 0.439 e. The van der Waals surface area contributed by atoms with Crippen molar-refractivity contribution in [1.29, 1.82) is 0 Å². The lowest BCUT2D eigenvalue weighted by Gasteiger charge is -2.09. The first kappa shape index (κ1) is 13.1. The molecule has 0 unspecified atom stereocenters. The number of aliphatic hydroxyl groups excluding tert-OH is 1. The highest BCUT2D eigenvalue weighted by molar-refractivity contribution is 9.10. The molecular weight excluding hydrogens is 318 g/mol. The highest BCUT2D eigenvalue weighted by atomic mass is 79.9. The summed E-state index contributed by atoms with van der Waals surface area (Å²) in [6.45, 7) is -0.0419. The van der Waals surface area contributed by atoms with Crippen LogP contribution in [-0.2, 0) is 6.61 Å². The van der Waals surface area contributed by atoms with Crippen molar-refractivity contribution in [2.24, 2.45) is 0 Å². The van der Waals surface area contributed by atoms with E-state index in [1.165, 1.54) is 0 Å². The van der Waals surface area contributed by atoms with Gasteiger partial charge in [-0.25, -0.2) is 4.98 Å². The summed E-state index contributed by atoms with van der Waals surface area (Å²) in [5.74, 6) is 1.19. The second kappa shape index (κ2) is 5.61. The van der Waals surface area contributed by atoms with Gasteiger partial charge in [-0.1, -0.05) is 34.1 Å². The van der Waals surface area contributed by atoms with Gasteiger partial charge in [0.15, 0.2) is 0 Å². The average molecular weight is 330 g/mol. The van der Waals surface area contributed by atoms with Crippen molar-refractivity contribution in [3.63, 3.8) is 0 Å². The number of hydrogen-bond donors (Lipinski definition) is 1. The highest BCUT2D eigenvalue weighted by Gasteiger charge is 2.06. The molecule has 0 bridgehead atoms.